The van der Waals surface area contributed by atoms with Crippen LogP contribution in [0.5, 0.6) is 0 Å². The Labute approximate surface area is 133 Å². The first kappa shape index (κ1) is 14.5. The van der Waals surface area contributed by atoms with Crippen LogP contribution >= 0.6 is 0 Å². The Morgan fingerprint density at radius 2 is 1.57 bits per heavy atom. The van der Waals surface area contributed by atoms with E-state index < -0.39 is 0 Å². The van der Waals surface area contributed by atoms with E-state index in [1.54, 1.807) is 30.7 Å². The van der Waals surface area contributed by atoms with Crippen LogP contribution in [-0.4, -0.2) is 26.6 Å². The number of hydrogen-bond donors (Lipinski definition) is 1. The van der Waals surface area contributed by atoms with Gasteiger partial charge in [-0.15, -0.1) is 0 Å². The molecule has 0 aromatic carbocycles. The van der Waals surface area contributed by atoms with Crippen LogP contribution in [0.25, 0.3) is 0 Å². The summed E-state index contributed by atoms with van der Waals surface area (Å²) in [6.45, 7) is 0. The number of hydrogen-bond acceptors (Lipinski definition) is 5. The van der Waals surface area contributed by atoms with E-state index in [0.29, 0.717) is 22.7 Å². The van der Waals surface area contributed by atoms with E-state index in [4.69, 9.17) is 0 Å². The second-order valence-corrected chi connectivity index (χ2v) is 4.57. The van der Waals surface area contributed by atoms with Gasteiger partial charge in [0.05, 0.1) is 17.0 Å². The lowest BCUT2D eigenvalue weighted by Crippen LogP contribution is -2.21. The second-order valence-electron chi connectivity index (χ2n) is 4.57. The first-order chi connectivity index (χ1) is 11.3. The van der Waals surface area contributed by atoms with Crippen LogP contribution < -0.4 is 5.43 Å². The van der Waals surface area contributed by atoms with Gasteiger partial charge in [-0.05, 0) is 36.4 Å². The summed E-state index contributed by atoms with van der Waals surface area (Å²) in [6.07, 6.45) is 6.41. The minimum Gasteiger partial charge on any atom is -0.267 e. The van der Waals surface area contributed by atoms with Crippen molar-refractivity contribution in [1.29, 1.82) is 0 Å². The van der Waals surface area contributed by atoms with Crippen molar-refractivity contribution in [3.8, 4) is 0 Å². The lowest BCUT2D eigenvalue weighted by atomic mass is 10.1. The van der Waals surface area contributed by atoms with Crippen molar-refractivity contribution in [2.75, 3.05) is 0 Å². The number of rotatable bonds is 4. The zero-order chi connectivity index (χ0) is 15.9. The Morgan fingerprint density at radius 3 is 2.09 bits per heavy atom. The summed E-state index contributed by atoms with van der Waals surface area (Å²) in [6, 6.07) is 14.3. The third-order valence-electron chi connectivity index (χ3n) is 3.01. The fourth-order valence-corrected chi connectivity index (χ4v) is 1.92. The Balaban J connectivity index is 1.91. The van der Waals surface area contributed by atoms with Crippen molar-refractivity contribution < 1.29 is 4.79 Å². The predicted molar refractivity (Wildman–Crippen MR) is 85.8 cm³/mol. The average molecular weight is 303 g/mol. The maximum absolute atomic E-state index is 12.1. The van der Waals surface area contributed by atoms with Crippen LogP contribution in [0.15, 0.2) is 78.4 Å². The second kappa shape index (κ2) is 7.04. The molecule has 0 saturated carbocycles. The van der Waals surface area contributed by atoms with Crippen molar-refractivity contribution in [3.05, 3.63) is 90.3 Å². The highest BCUT2D eigenvalue weighted by atomic mass is 16.2. The van der Waals surface area contributed by atoms with Gasteiger partial charge in [0.2, 0.25) is 0 Å². The van der Waals surface area contributed by atoms with Gasteiger partial charge in [-0.2, -0.15) is 5.10 Å². The number of nitrogens with zero attached hydrogens (tertiary/aromatic N) is 4. The Morgan fingerprint density at radius 1 is 0.870 bits per heavy atom. The van der Waals surface area contributed by atoms with E-state index in [1.165, 1.54) is 6.20 Å². The summed E-state index contributed by atoms with van der Waals surface area (Å²) in [5.41, 5.74) is 4.69. The summed E-state index contributed by atoms with van der Waals surface area (Å²) < 4.78 is 0. The fraction of sp³-hybridized carbons (Fsp3) is 0. The first-order valence-electron chi connectivity index (χ1n) is 6.95. The Hall–Kier alpha value is -3.41. The quantitative estimate of drug-likeness (QED) is 0.591. The maximum atomic E-state index is 12.1. The van der Waals surface area contributed by atoms with E-state index in [0.717, 1.165) is 0 Å². The summed E-state index contributed by atoms with van der Waals surface area (Å²) in [7, 11) is 0. The predicted octanol–water partition coefficient (Wildman–Crippen LogP) is 2.05. The highest BCUT2D eigenvalue weighted by molar-refractivity contribution is 6.11. The van der Waals surface area contributed by atoms with Gasteiger partial charge in [-0.1, -0.05) is 12.1 Å². The van der Waals surface area contributed by atoms with E-state index in [1.807, 2.05) is 36.4 Å². The molecule has 0 atom stereocenters. The molecule has 0 bridgehead atoms. The summed E-state index contributed by atoms with van der Waals surface area (Å²) in [5.74, 6) is -0.345. The number of amides is 1. The summed E-state index contributed by atoms with van der Waals surface area (Å²) >= 11 is 0. The molecular formula is C17H13N5O. The SMILES string of the molecule is O=C(NN=C(c1ccccn1)c1ccccn1)c1cccnc1. The molecule has 6 nitrogen and oxygen atoms in total. The van der Waals surface area contributed by atoms with Crippen LogP contribution in [0.4, 0.5) is 0 Å². The normalized spacial score (nSPS) is 9.91. The van der Waals surface area contributed by atoms with Gasteiger partial charge in [-0.3, -0.25) is 19.7 Å². The van der Waals surface area contributed by atoms with Crippen molar-refractivity contribution in [2.24, 2.45) is 5.10 Å². The molecule has 3 heterocycles. The van der Waals surface area contributed by atoms with Gasteiger partial charge in [0.25, 0.3) is 5.91 Å². The van der Waals surface area contributed by atoms with Gasteiger partial charge in [0.15, 0.2) is 0 Å². The minimum atomic E-state index is -0.345. The summed E-state index contributed by atoms with van der Waals surface area (Å²) in [4.78, 5) is 24.6. The Kier molecular flexibility index (Phi) is 4.44. The molecule has 3 aromatic heterocycles. The number of pyridine rings is 3. The zero-order valence-corrected chi connectivity index (χ0v) is 12.1. The number of aromatic nitrogens is 3. The molecule has 0 aliphatic carbocycles. The molecule has 0 aliphatic rings. The van der Waals surface area contributed by atoms with Crippen molar-refractivity contribution in [1.82, 2.24) is 20.4 Å². The third kappa shape index (κ3) is 3.62. The zero-order valence-electron chi connectivity index (χ0n) is 12.1. The first-order valence-corrected chi connectivity index (χ1v) is 6.95. The topological polar surface area (TPSA) is 80.1 Å². The number of carbonyl (C=O) groups excluding carboxylic acids is 1. The van der Waals surface area contributed by atoms with Crippen molar-refractivity contribution >= 4 is 11.6 Å². The highest BCUT2D eigenvalue weighted by Crippen LogP contribution is 2.06. The molecule has 0 unspecified atom stereocenters. The molecule has 0 aliphatic heterocycles. The molecule has 0 fully saturated rings. The molecule has 23 heavy (non-hydrogen) atoms. The maximum Gasteiger partial charge on any atom is 0.272 e. The number of hydrazone groups is 1. The van der Waals surface area contributed by atoms with E-state index in [9.17, 15) is 4.79 Å². The van der Waals surface area contributed by atoms with E-state index in [2.05, 4.69) is 25.5 Å². The van der Waals surface area contributed by atoms with Crippen molar-refractivity contribution in [2.45, 2.75) is 0 Å². The van der Waals surface area contributed by atoms with Crippen LogP contribution in [0.3, 0.4) is 0 Å². The average Bonchev–Trinajstić information content (AvgIpc) is 2.64. The van der Waals surface area contributed by atoms with Gasteiger partial charge in [0.1, 0.15) is 5.71 Å². The molecule has 112 valence electrons. The van der Waals surface area contributed by atoms with Crippen LogP contribution in [0.2, 0.25) is 0 Å². The van der Waals surface area contributed by atoms with Gasteiger partial charge < -0.3 is 0 Å². The molecule has 1 amide bonds. The molecule has 0 spiro atoms. The standard InChI is InChI=1S/C17H13N5O/c23-17(13-6-5-9-18-12-13)22-21-16(14-7-1-3-10-19-14)15-8-2-4-11-20-15/h1-12H,(H,22,23). The van der Waals surface area contributed by atoms with Crippen LogP contribution in [0, 0.1) is 0 Å². The highest BCUT2D eigenvalue weighted by Gasteiger charge is 2.11. The molecule has 0 saturated heterocycles. The van der Waals surface area contributed by atoms with E-state index in [-0.39, 0.29) is 5.91 Å². The minimum absolute atomic E-state index is 0.345. The smallest absolute Gasteiger partial charge is 0.267 e. The van der Waals surface area contributed by atoms with Gasteiger partial charge in [-0.25, -0.2) is 5.43 Å². The number of nitrogens with one attached hydrogen (secondary N) is 1. The van der Waals surface area contributed by atoms with Gasteiger partial charge >= 0.3 is 0 Å². The summed E-state index contributed by atoms with van der Waals surface area (Å²) in [5, 5.41) is 4.20. The molecule has 3 aromatic rings. The molecule has 0 radical (unpaired) electrons. The monoisotopic (exact) mass is 303 g/mol. The lowest BCUT2D eigenvalue weighted by molar-refractivity contribution is 0.0954. The van der Waals surface area contributed by atoms with Crippen LogP contribution in [-0.2, 0) is 0 Å². The van der Waals surface area contributed by atoms with Crippen LogP contribution in [0.1, 0.15) is 21.7 Å². The fourth-order valence-electron chi connectivity index (χ4n) is 1.92. The van der Waals surface area contributed by atoms with Crippen molar-refractivity contribution in [3.63, 3.8) is 0 Å². The third-order valence-corrected chi connectivity index (χ3v) is 3.01. The molecule has 3 rings (SSSR count). The number of carbonyl (C=O) groups is 1. The van der Waals surface area contributed by atoms with E-state index >= 15 is 0 Å². The molecule has 6 heteroatoms. The largest absolute Gasteiger partial charge is 0.272 e. The van der Waals surface area contributed by atoms with Gasteiger partial charge in [0, 0.05) is 24.8 Å². The Bertz CT molecular complexity index is 763. The molecular weight excluding hydrogens is 290 g/mol. The molecule has 1 N–H and O–H groups in total. The lowest BCUT2D eigenvalue weighted by Gasteiger charge is -2.06.